The Bertz CT molecular complexity index is 668. The van der Waals surface area contributed by atoms with Crippen LogP contribution in [-0.4, -0.2) is 20.8 Å². The van der Waals surface area contributed by atoms with Crippen molar-refractivity contribution < 1.29 is 4.39 Å². The molecular formula is C16H20ClFN4. The first kappa shape index (κ1) is 15.4. The standard InChI is InChI=1S/C16H20ClFN4/c1-10(2)16-21-20-15-6-4-12(9-22(15)16)19-8-11-3-5-13(17)14(18)7-11/h3,5,7,10,12,19H,4,6,8-9H2,1-2H3/t12-/m0/s1. The van der Waals surface area contributed by atoms with Crippen LogP contribution in [0.3, 0.4) is 0 Å². The van der Waals surface area contributed by atoms with Gasteiger partial charge >= 0.3 is 0 Å². The topological polar surface area (TPSA) is 42.7 Å². The van der Waals surface area contributed by atoms with Gasteiger partial charge in [-0.05, 0) is 24.1 Å². The van der Waals surface area contributed by atoms with Crippen molar-refractivity contribution in [2.24, 2.45) is 0 Å². The van der Waals surface area contributed by atoms with E-state index in [1.165, 1.54) is 6.07 Å². The second-order valence-electron chi connectivity index (χ2n) is 6.10. The molecule has 0 saturated carbocycles. The summed E-state index contributed by atoms with van der Waals surface area (Å²) in [5.74, 6) is 2.11. The van der Waals surface area contributed by atoms with Crippen molar-refractivity contribution >= 4 is 11.6 Å². The number of nitrogens with zero attached hydrogens (tertiary/aromatic N) is 3. The van der Waals surface area contributed by atoms with Crippen LogP contribution in [0.5, 0.6) is 0 Å². The Morgan fingerprint density at radius 2 is 2.23 bits per heavy atom. The normalized spacial score (nSPS) is 17.8. The summed E-state index contributed by atoms with van der Waals surface area (Å²) in [5, 5.41) is 12.2. The fourth-order valence-electron chi connectivity index (χ4n) is 2.85. The average molecular weight is 323 g/mol. The predicted octanol–water partition coefficient (Wildman–Crippen LogP) is 3.30. The first-order valence-corrected chi connectivity index (χ1v) is 8.01. The molecule has 22 heavy (non-hydrogen) atoms. The molecule has 0 saturated heterocycles. The van der Waals surface area contributed by atoms with E-state index in [0.29, 0.717) is 18.5 Å². The quantitative estimate of drug-likeness (QED) is 0.939. The first-order chi connectivity index (χ1) is 10.5. The van der Waals surface area contributed by atoms with Crippen molar-refractivity contribution in [2.75, 3.05) is 0 Å². The van der Waals surface area contributed by atoms with Gasteiger partial charge in [0, 0.05) is 31.5 Å². The Hall–Kier alpha value is -1.46. The lowest BCUT2D eigenvalue weighted by atomic mass is 10.1. The smallest absolute Gasteiger partial charge is 0.142 e. The number of rotatable bonds is 4. The lowest BCUT2D eigenvalue weighted by Gasteiger charge is -2.26. The molecule has 0 amide bonds. The minimum Gasteiger partial charge on any atom is -0.313 e. The number of hydrogen-bond acceptors (Lipinski definition) is 3. The number of halogens is 2. The number of hydrogen-bond donors (Lipinski definition) is 1. The summed E-state index contributed by atoms with van der Waals surface area (Å²) in [6, 6.07) is 5.29. The summed E-state index contributed by atoms with van der Waals surface area (Å²) in [7, 11) is 0. The molecule has 0 spiro atoms. The van der Waals surface area contributed by atoms with E-state index in [1.807, 2.05) is 6.07 Å². The van der Waals surface area contributed by atoms with Gasteiger partial charge in [0.25, 0.3) is 0 Å². The van der Waals surface area contributed by atoms with E-state index in [4.69, 9.17) is 11.6 Å². The average Bonchev–Trinajstić information content (AvgIpc) is 2.91. The van der Waals surface area contributed by atoms with E-state index < -0.39 is 0 Å². The molecule has 6 heteroatoms. The molecule has 0 bridgehead atoms. The molecule has 0 radical (unpaired) electrons. The lowest BCUT2D eigenvalue weighted by Crippen LogP contribution is -2.37. The van der Waals surface area contributed by atoms with Gasteiger partial charge in [-0.1, -0.05) is 31.5 Å². The molecule has 1 aromatic carbocycles. The van der Waals surface area contributed by atoms with Crippen LogP contribution in [0.1, 0.15) is 43.4 Å². The van der Waals surface area contributed by atoms with Crippen LogP contribution < -0.4 is 5.32 Å². The van der Waals surface area contributed by atoms with E-state index >= 15 is 0 Å². The third-order valence-corrected chi connectivity index (χ3v) is 4.38. The maximum atomic E-state index is 13.5. The maximum Gasteiger partial charge on any atom is 0.142 e. The Morgan fingerprint density at radius 1 is 1.41 bits per heavy atom. The van der Waals surface area contributed by atoms with Crippen LogP contribution >= 0.6 is 11.6 Å². The van der Waals surface area contributed by atoms with E-state index in [-0.39, 0.29) is 10.8 Å². The molecule has 4 nitrogen and oxygen atoms in total. The van der Waals surface area contributed by atoms with E-state index in [2.05, 4.69) is 33.9 Å². The molecule has 3 rings (SSSR count). The Balaban J connectivity index is 1.65. The molecule has 1 atom stereocenters. The third kappa shape index (κ3) is 3.15. The molecular weight excluding hydrogens is 303 g/mol. The van der Waals surface area contributed by atoms with Gasteiger partial charge in [0.1, 0.15) is 17.5 Å². The van der Waals surface area contributed by atoms with Crippen molar-refractivity contribution in [1.82, 2.24) is 20.1 Å². The predicted molar refractivity (Wildman–Crippen MR) is 84.5 cm³/mol. The van der Waals surface area contributed by atoms with Gasteiger partial charge in [0.2, 0.25) is 0 Å². The van der Waals surface area contributed by atoms with E-state index in [1.54, 1.807) is 6.07 Å². The number of aryl methyl sites for hydroxylation is 1. The fourth-order valence-corrected chi connectivity index (χ4v) is 2.97. The molecule has 0 fully saturated rings. The molecule has 1 N–H and O–H groups in total. The second kappa shape index (κ2) is 6.34. The highest BCUT2D eigenvalue weighted by molar-refractivity contribution is 6.30. The zero-order valence-electron chi connectivity index (χ0n) is 12.8. The summed E-state index contributed by atoms with van der Waals surface area (Å²) in [5.41, 5.74) is 0.903. The summed E-state index contributed by atoms with van der Waals surface area (Å²) in [6.45, 7) is 5.76. The molecule has 0 aliphatic carbocycles. The van der Waals surface area contributed by atoms with Crippen LogP contribution in [0.2, 0.25) is 5.02 Å². The minimum atomic E-state index is -0.368. The Labute approximate surface area is 134 Å². The number of nitrogens with one attached hydrogen (secondary N) is 1. The van der Waals surface area contributed by atoms with Crippen molar-refractivity contribution in [1.29, 1.82) is 0 Å². The zero-order valence-corrected chi connectivity index (χ0v) is 13.6. The van der Waals surface area contributed by atoms with Gasteiger partial charge in [0.15, 0.2) is 0 Å². The Morgan fingerprint density at radius 3 is 2.95 bits per heavy atom. The summed E-state index contributed by atoms with van der Waals surface area (Å²) in [4.78, 5) is 0. The Kier molecular flexibility index (Phi) is 4.45. The van der Waals surface area contributed by atoms with Crippen LogP contribution in [-0.2, 0) is 19.5 Å². The molecule has 1 aliphatic rings. The second-order valence-corrected chi connectivity index (χ2v) is 6.51. The fraction of sp³-hybridized carbons (Fsp3) is 0.500. The van der Waals surface area contributed by atoms with E-state index in [0.717, 1.165) is 36.6 Å². The van der Waals surface area contributed by atoms with Crippen LogP contribution in [0.4, 0.5) is 4.39 Å². The third-order valence-electron chi connectivity index (χ3n) is 4.07. The molecule has 2 heterocycles. The molecule has 2 aromatic rings. The van der Waals surface area contributed by atoms with Gasteiger partial charge in [-0.25, -0.2) is 4.39 Å². The van der Waals surface area contributed by atoms with Gasteiger partial charge in [-0.15, -0.1) is 10.2 Å². The zero-order chi connectivity index (χ0) is 15.7. The maximum absolute atomic E-state index is 13.5. The number of aromatic nitrogens is 3. The molecule has 1 aliphatic heterocycles. The summed E-state index contributed by atoms with van der Waals surface area (Å²) in [6.07, 6.45) is 1.94. The first-order valence-electron chi connectivity index (χ1n) is 7.64. The van der Waals surface area contributed by atoms with Crippen LogP contribution in [0.15, 0.2) is 18.2 Å². The van der Waals surface area contributed by atoms with Gasteiger partial charge < -0.3 is 9.88 Å². The lowest BCUT2D eigenvalue weighted by molar-refractivity contribution is 0.370. The number of fused-ring (bicyclic) bond motifs is 1. The van der Waals surface area contributed by atoms with Crippen molar-refractivity contribution in [2.45, 2.75) is 51.7 Å². The van der Waals surface area contributed by atoms with E-state index in [9.17, 15) is 4.39 Å². The number of benzene rings is 1. The summed E-state index contributed by atoms with van der Waals surface area (Å²) < 4.78 is 15.7. The minimum absolute atomic E-state index is 0.164. The molecule has 118 valence electrons. The highest BCUT2D eigenvalue weighted by atomic mass is 35.5. The van der Waals surface area contributed by atoms with Crippen molar-refractivity contribution in [3.8, 4) is 0 Å². The molecule has 0 unspecified atom stereocenters. The largest absolute Gasteiger partial charge is 0.313 e. The van der Waals surface area contributed by atoms with Gasteiger partial charge in [0.05, 0.1) is 5.02 Å². The highest BCUT2D eigenvalue weighted by Crippen LogP contribution is 2.21. The SMILES string of the molecule is CC(C)c1nnc2n1C[C@@H](NCc1ccc(Cl)c(F)c1)CC2. The highest BCUT2D eigenvalue weighted by Gasteiger charge is 2.23. The van der Waals surface area contributed by atoms with Crippen LogP contribution in [0.25, 0.3) is 0 Å². The van der Waals surface area contributed by atoms with Crippen molar-refractivity contribution in [3.05, 3.63) is 46.3 Å². The van der Waals surface area contributed by atoms with Crippen molar-refractivity contribution in [3.63, 3.8) is 0 Å². The monoisotopic (exact) mass is 322 g/mol. The van der Waals surface area contributed by atoms with Gasteiger partial charge in [-0.2, -0.15) is 0 Å². The summed E-state index contributed by atoms with van der Waals surface area (Å²) >= 11 is 5.71. The van der Waals surface area contributed by atoms with Crippen LogP contribution in [0, 0.1) is 5.82 Å². The molecule has 1 aromatic heterocycles. The van der Waals surface area contributed by atoms with Gasteiger partial charge in [-0.3, -0.25) is 0 Å².